The predicted octanol–water partition coefficient (Wildman–Crippen LogP) is 3.86. The van der Waals surface area contributed by atoms with Gasteiger partial charge in [-0.05, 0) is 52.3 Å². The van der Waals surface area contributed by atoms with Crippen molar-refractivity contribution >= 4 is 27.5 Å². The molecule has 0 aliphatic carbocycles. The van der Waals surface area contributed by atoms with Crippen molar-refractivity contribution in [3.05, 3.63) is 52.3 Å². The summed E-state index contributed by atoms with van der Waals surface area (Å²) in [4.78, 5) is 12.1. The van der Waals surface area contributed by atoms with Gasteiger partial charge in [0, 0.05) is 11.3 Å². The van der Waals surface area contributed by atoms with Gasteiger partial charge in [-0.1, -0.05) is 0 Å². The highest BCUT2D eigenvalue weighted by molar-refractivity contribution is 9.10. The maximum Gasteiger partial charge on any atom is 0.255 e. The molecule has 0 radical (unpaired) electrons. The molecule has 1 N–H and O–H groups in total. The van der Waals surface area contributed by atoms with Crippen molar-refractivity contribution in [2.75, 3.05) is 19.5 Å². The number of methoxy groups -OCH3 is 2. The molecule has 2 aromatic rings. The average Bonchev–Trinajstić information content (AvgIpc) is 2.50. The van der Waals surface area contributed by atoms with Crippen molar-refractivity contribution in [3.63, 3.8) is 0 Å². The Morgan fingerprint density at radius 3 is 2.43 bits per heavy atom. The molecule has 0 aliphatic heterocycles. The minimum atomic E-state index is -0.444. The van der Waals surface area contributed by atoms with Gasteiger partial charge in [-0.25, -0.2) is 4.39 Å². The van der Waals surface area contributed by atoms with E-state index in [0.717, 1.165) is 0 Å². The lowest BCUT2D eigenvalue weighted by Crippen LogP contribution is -2.12. The molecule has 0 heterocycles. The Balaban J connectivity index is 2.21. The fourth-order valence-corrected chi connectivity index (χ4v) is 2.00. The number of ether oxygens (including phenoxy) is 2. The second kappa shape index (κ2) is 6.58. The van der Waals surface area contributed by atoms with Crippen molar-refractivity contribution in [1.29, 1.82) is 0 Å². The van der Waals surface area contributed by atoms with Gasteiger partial charge in [0.2, 0.25) is 0 Å². The summed E-state index contributed by atoms with van der Waals surface area (Å²) in [5.41, 5.74) is 0.756. The van der Waals surface area contributed by atoms with E-state index in [1.807, 2.05) is 0 Å². The van der Waals surface area contributed by atoms with Crippen LogP contribution in [0.5, 0.6) is 11.5 Å². The van der Waals surface area contributed by atoms with E-state index >= 15 is 0 Å². The molecular weight excluding hydrogens is 341 g/mol. The maximum absolute atomic E-state index is 13.4. The van der Waals surface area contributed by atoms with E-state index in [1.54, 1.807) is 24.3 Å². The number of rotatable bonds is 4. The quantitative estimate of drug-likeness (QED) is 0.907. The average molecular weight is 354 g/mol. The van der Waals surface area contributed by atoms with E-state index in [1.165, 1.54) is 26.4 Å². The van der Waals surface area contributed by atoms with Crippen LogP contribution in [0.25, 0.3) is 0 Å². The first-order chi connectivity index (χ1) is 10.0. The van der Waals surface area contributed by atoms with Gasteiger partial charge >= 0.3 is 0 Å². The fourth-order valence-electron chi connectivity index (χ4n) is 1.75. The Kier molecular flexibility index (Phi) is 4.80. The fraction of sp³-hybridized carbons (Fsp3) is 0.133. The molecule has 0 unspecified atom stereocenters. The van der Waals surface area contributed by atoms with Crippen molar-refractivity contribution < 1.29 is 18.7 Å². The van der Waals surface area contributed by atoms with Gasteiger partial charge in [0.15, 0.2) is 11.5 Å². The van der Waals surface area contributed by atoms with Crippen LogP contribution in [0.4, 0.5) is 10.1 Å². The third kappa shape index (κ3) is 3.52. The van der Waals surface area contributed by atoms with E-state index in [9.17, 15) is 9.18 Å². The van der Waals surface area contributed by atoms with Crippen molar-refractivity contribution in [2.24, 2.45) is 0 Å². The molecule has 0 bridgehead atoms. The maximum atomic E-state index is 13.4. The van der Waals surface area contributed by atoms with Crippen LogP contribution in [-0.2, 0) is 0 Å². The molecule has 0 aliphatic rings. The van der Waals surface area contributed by atoms with Gasteiger partial charge in [-0.15, -0.1) is 0 Å². The smallest absolute Gasteiger partial charge is 0.255 e. The highest BCUT2D eigenvalue weighted by Gasteiger charge is 2.11. The van der Waals surface area contributed by atoms with Gasteiger partial charge < -0.3 is 14.8 Å². The number of carbonyl (C=O) groups is 1. The molecule has 110 valence electrons. The minimum Gasteiger partial charge on any atom is -0.493 e. The molecule has 21 heavy (non-hydrogen) atoms. The van der Waals surface area contributed by atoms with Crippen molar-refractivity contribution in [3.8, 4) is 11.5 Å². The number of hydrogen-bond donors (Lipinski definition) is 1. The Morgan fingerprint density at radius 2 is 1.81 bits per heavy atom. The zero-order valence-electron chi connectivity index (χ0n) is 11.4. The number of carbonyl (C=O) groups excluding carboxylic acids is 1. The van der Waals surface area contributed by atoms with Gasteiger partial charge in [0.1, 0.15) is 5.82 Å². The lowest BCUT2D eigenvalue weighted by molar-refractivity contribution is 0.102. The Bertz CT molecular complexity index is 676. The van der Waals surface area contributed by atoms with E-state index in [-0.39, 0.29) is 5.91 Å². The molecule has 1 amide bonds. The van der Waals surface area contributed by atoms with Crippen LogP contribution in [0.3, 0.4) is 0 Å². The summed E-state index contributed by atoms with van der Waals surface area (Å²) >= 11 is 3.06. The van der Waals surface area contributed by atoms with Crippen molar-refractivity contribution in [1.82, 2.24) is 0 Å². The molecule has 4 nitrogen and oxygen atoms in total. The molecule has 0 aromatic heterocycles. The van der Waals surface area contributed by atoms with E-state index < -0.39 is 5.82 Å². The topological polar surface area (TPSA) is 47.6 Å². The predicted molar refractivity (Wildman–Crippen MR) is 81.6 cm³/mol. The lowest BCUT2D eigenvalue weighted by atomic mass is 10.2. The molecule has 0 saturated carbocycles. The van der Waals surface area contributed by atoms with Gasteiger partial charge in [0.25, 0.3) is 5.91 Å². The molecule has 2 aromatic carbocycles. The first-order valence-electron chi connectivity index (χ1n) is 6.03. The van der Waals surface area contributed by atoms with Crippen molar-refractivity contribution in [2.45, 2.75) is 0 Å². The van der Waals surface area contributed by atoms with Crippen LogP contribution in [0.1, 0.15) is 10.4 Å². The number of anilines is 1. The minimum absolute atomic E-state index is 0.339. The molecule has 0 saturated heterocycles. The third-order valence-corrected chi connectivity index (χ3v) is 3.47. The second-order valence-corrected chi connectivity index (χ2v) is 5.01. The monoisotopic (exact) mass is 353 g/mol. The van der Waals surface area contributed by atoms with Crippen LogP contribution in [0.2, 0.25) is 0 Å². The largest absolute Gasteiger partial charge is 0.493 e. The third-order valence-electron chi connectivity index (χ3n) is 2.82. The number of hydrogen-bond acceptors (Lipinski definition) is 3. The van der Waals surface area contributed by atoms with Gasteiger partial charge in [-0.2, -0.15) is 0 Å². The molecule has 0 spiro atoms. The SMILES string of the molecule is COc1ccc(C(=O)Nc2ccc(Br)c(F)c2)cc1OC. The normalized spacial score (nSPS) is 10.1. The molecule has 0 fully saturated rings. The number of halogens is 2. The van der Waals surface area contributed by atoms with Crippen LogP contribution >= 0.6 is 15.9 Å². The highest BCUT2D eigenvalue weighted by Crippen LogP contribution is 2.28. The highest BCUT2D eigenvalue weighted by atomic mass is 79.9. The molecular formula is C15H13BrFNO3. The van der Waals surface area contributed by atoms with Crippen LogP contribution < -0.4 is 14.8 Å². The van der Waals surface area contributed by atoms with E-state index in [4.69, 9.17) is 9.47 Å². The Morgan fingerprint density at radius 1 is 1.10 bits per heavy atom. The number of nitrogens with one attached hydrogen (secondary N) is 1. The van der Waals surface area contributed by atoms with E-state index in [2.05, 4.69) is 21.2 Å². The van der Waals surface area contributed by atoms with Crippen LogP contribution in [-0.4, -0.2) is 20.1 Å². The second-order valence-electron chi connectivity index (χ2n) is 4.15. The summed E-state index contributed by atoms with van der Waals surface area (Å²) in [5, 5.41) is 2.62. The summed E-state index contributed by atoms with van der Waals surface area (Å²) in [5.74, 6) is 0.175. The molecule has 0 atom stereocenters. The summed E-state index contributed by atoms with van der Waals surface area (Å²) < 4.78 is 24.0. The summed E-state index contributed by atoms with van der Waals surface area (Å²) in [6.07, 6.45) is 0. The molecule has 6 heteroatoms. The van der Waals surface area contributed by atoms with Crippen LogP contribution in [0, 0.1) is 5.82 Å². The summed E-state index contributed by atoms with van der Waals surface area (Å²) in [6, 6.07) is 9.17. The Hall–Kier alpha value is -2.08. The van der Waals surface area contributed by atoms with Gasteiger partial charge in [0.05, 0.1) is 18.7 Å². The number of amides is 1. The van der Waals surface area contributed by atoms with Gasteiger partial charge in [-0.3, -0.25) is 4.79 Å². The zero-order chi connectivity index (χ0) is 15.4. The lowest BCUT2D eigenvalue weighted by Gasteiger charge is -2.10. The first-order valence-corrected chi connectivity index (χ1v) is 6.83. The number of benzene rings is 2. The van der Waals surface area contributed by atoms with E-state index in [0.29, 0.717) is 27.2 Å². The molecule has 2 rings (SSSR count). The first kappa shape index (κ1) is 15.3. The van der Waals surface area contributed by atoms with Crippen LogP contribution in [0.15, 0.2) is 40.9 Å². The Labute approximate surface area is 130 Å². The summed E-state index contributed by atoms with van der Waals surface area (Å²) in [6.45, 7) is 0. The zero-order valence-corrected chi connectivity index (χ0v) is 13.0. The standard InChI is InChI=1S/C15H13BrFNO3/c1-20-13-6-3-9(7-14(13)21-2)15(19)18-10-4-5-11(16)12(17)8-10/h3-8H,1-2H3,(H,18,19). The summed E-state index contributed by atoms with van der Waals surface area (Å²) in [7, 11) is 3.01.